The average molecular weight is 393 g/mol. The maximum absolute atomic E-state index is 13.4. The van der Waals surface area contributed by atoms with Crippen LogP contribution >= 0.6 is 11.8 Å². The summed E-state index contributed by atoms with van der Waals surface area (Å²) < 4.78 is 13.4. The van der Waals surface area contributed by atoms with Gasteiger partial charge in [-0.1, -0.05) is 12.1 Å². The molecule has 3 rings (SSSR count). The number of hydrogen-bond acceptors (Lipinski definition) is 4. The molecule has 1 atom stereocenters. The van der Waals surface area contributed by atoms with Crippen molar-refractivity contribution in [2.45, 2.75) is 18.9 Å². The van der Waals surface area contributed by atoms with Gasteiger partial charge >= 0.3 is 6.09 Å². The lowest BCUT2D eigenvalue weighted by Crippen LogP contribution is -2.60. The highest BCUT2D eigenvalue weighted by molar-refractivity contribution is 7.98. The number of carbonyl (C=O) groups is 3. The third-order valence-corrected chi connectivity index (χ3v) is 5.23. The van der Waals surface area contributed by atoms with E-state index in [2.05, 4.69) is 0 Å². The number of amides is 3. The summed E-state index contributed by atoms with van der Waals surface area (Å²) in [5, 5.41) is 9.47. The van der Waals surface area contributed by atoms with Gasteiger partial charge in [0.05, 0.1) is 0 Å². The molecule has 3 amide bonds. The molecule has 1 aromatic rings. The lowest BCUT2D eigenvalue weighted by molar-refractivity contribution is -0.147. The van der Waals surface area contributed by atoms with Gasteiger partial charge in [0.2, 0.25) is 5.91 Å². The van der Waals surface area contributed by atoms with Crippen molar-refractivity contribution < 1.29 is 23.9 Å². The minimum atomic E-state index is -1.17. The molecule has 0 unspecified atom stereocenters. The molecule has 2 heterocycles. The molecule has 0 aromatic heterocycles. The summed E-state index contributed by atoms with van der Waals surface area (Å²) >= 11 is 1.41. The third kappa shape index (κ3) is 3.92. The smallest absolute Gasteiger partial charge is 0.413 e. The molecule has 1 saturated heterocycles. The first kappa shape index (κ1) is 19.2. The van der Waals surface area contributed by atoms with Crippen molar-refractivity contribution in [2.75, 3.05) is 25.1 Å². The highest BCUT2D eigenvalue weighted by Gasteiger charge is 2.44. The van der Waals surface area contributed by atoms with Crippen molar-refractivity contribution in [3.8, 4) is 0 Å². The van der Waals surface area contributed by atoms with E-state index in [-0.39, 0.29) is 43.0 Å². The van der Waals surface area contributed by atoms with Crippen LogP contribution in [0.2, 0.25) is 0 Å². The van der Waals surface area contributed by atoms with Crippen LogP contribution in [-0.2, 0) is 16.0 Å². The summed E-state index contributed by atoms with van der Waals surface area (Å²) in [6.45, 7) is 0.334. The van der Waals surface area contributed by atoms with Crippen molar-refractivity contribution in [1.82, 2.24) is 14.7 Å². The maximum Gasteiger partial charge on any atom is 0.413 e. The number of benzene rings is 1. The molecule has 0 saturated carbocycles. The molecule has 7 nitrogen and oxygen atoms in total. The normalized spacial score (nSPS) is 19.9. The first-order valence-electron chi connectivity index (χ1n) is 8.50. The second kappa shape index (κ2) is 7.99. The predicted octanol–water partition coefficient (Wildman–Crippen LogP) is 1.95. The summed E-state index contributed by atoms with van der Waals surface area (Å²) in [7, 11) is 0. The topological polar surface area (TPSA) is 81.2 Å². The van der Waals surface area contributed by atoms with Crippen LogP contribution in [-0.4, -0.2) is 68.9 Å². The van der Waals surface area contributed by atoms with E-state index >= 15 is 0 Å². The molecule has 0 aliphatic carbocycles. The Morgan fingerprint density at radius 1 is 1.37 bits per heavy atom. The number of halogens is 1. The summed E-state index contributed by atoms with van der Waals surface area (Å²) in [6, 6.07) is 5.38. The number of carboxylic acid groups (broad SMARTS) is 1. The highest BCUT2D eigenvalue weighted by Crippen LogP contribution is 2.29. The van der Waals surface area contributed by atoms with Gasteiger partial charge in [-0.15, -0.1) is 0 Å². The van der Waals surface area contributed by atoms with Gasteiger partial charge < -0.3 is 10.0 Å². The quantitative estimate of drug-likeness (QED) is 0.827. The molecule has 2 aliphatic heterocycles. The van der Waals surface area contributed by atoms with Crippen molar-refractivity contribution >= 4 is 29.7 Å². The van der Waals surface area contributed by atoms with Crippen molar-refractivity contribution in [3.05, 3.63) is 47.7 Å². The van der Waals surface area contributed by atoms with Crippen molar-refractivity contribution in [2.24, 2.45) is 0 Å². The zero-order chi connectivity index (χ0) is 19.6. The Balaban J connectivity index is 1.89. The predicted molar refractivity (Wildman–Crippen MR) is 98.3 cm³/mol. The molecular weight excluding hydrogens is 373 g/mol. The van der Waals surface area contributed by atoms with Crippen molar-refractivity contribution in [1.29, 1.82) is 0 Å². The van der Waals surface area contributed by atoms with Crippen LogP contribution in [0.4, 0.5) is 9.18 Å². The summed E-state index contributed by atoms with van der Waals surface area (Å²) in [5.41, 5.74) is 0.736. The molecule has 27 heavy (non-hydrogen) atoms. The van der Waals surface area contributed by atoms with Crippen LogP contribution in [0.15, 0.2) is 36.3 Å². The van der Waals surface area contributed by atoms with E-state index < -0.39 is 12.1 Å². The molecule has 1 aromatic carbocycles. The average Bonchev–Trinajstić information content (AvgIpc) is 2.62. The van der Waals surface area contributed by atoms with Gasteiger partial charge in [0, 0.05) is 31.5 Å². The van der Waals surface area contributed by atoms with Gasteiger partial charge in [-0.05, 0) is 30.4 Å². The molecule has 2 aliphatic rings. The summed E-state index contributed by atoms with van der Waals surface area (Å²) in [6.07, 6.45) is 2.54. The van der Waals surface area contributed by atoms with Gasteiger partial charge in [0.15, 0.2) is 0 Å². The molecule has 1 N–H and O–H groups in total. The van der Waals surface area contributed by atoms with E-state index in [0.717, 1.165) is 10.5 Å². The Bertz CT molecular complexity index is 801. The van der Waals surface area contributed by atoms with E-state index in [9.17, 15) is 23.9 Å². The fourth-order valence-corrected chi connectivity index (χ4v) is 3.89. The summed E-state index contributed by atoms with van der Waals surface area (Å²) in [4.78, 5) is 40.7. The first-order chi connectivity index (χ1) is 12.9. The zero-order valence-corrected chi connectivity index (χ0v) is 15.6. The van der Waals surface area contributed by atoms with Gasteiger partial charge in [-0.2, -0.15) is 11.8 Å². The molecule has 9 heteroatoms. The van der Waals surface area contributed by atoms with Crippen LogP contribution in [0, 0.1) is 5.82 Å². The van der Waals surface area contributed by atoms with Crippen molar-refractivity contribution in [3.63, 3.8) is 0 Å². The molecule has 0 radical (unpaired) electrons. The lowest BCUT2D eigenvalue weighted by atomic mass is 10.1. The van der Waals surface area contributed by atoms with E-state index in [1.807, 2.05) is 6.26 Å². The maximum atomic E-state index is 13.4. The minimum absolute atomic E-state index is 0.0467. The number of nitrogens with zero attached hydrogens (tertiary/aromatic N) is 3. The molecule has 0 bridgehead atoms. The number of fused-ring (bicyclic) bond motifs is 1. The van der Waals surface area contributed by atoms with E-state index in [0.29, 0.717) is 12.2 Å². The lowest BCUT2D eigenvalue weighted by Gasteiger charge is -2.45. The largest absolute Gasteiger partial charge is 0.465 e. The van der Waals surface area contributed by atoms with E-state index in [1.165, 1.54) is 39.9 Å². The second-order valence-electron chi connectivity index (χ2n) is 6.32. The summed E-state index contributed by atoms with van der Waals surface area (Å²) in [5.74, 6) is -0.291. The number of carbonyl (C=O) groups excluding carboxylic acids is 2. The SMILES string of the molecule is CSC[C@@H]1C(=O)N(CCc2cccc(F)c2)C=C2N(C(=O)O)CCC(=O)N21. The number of rotatable bonds is 5. The Morgan fingerprint density at radius 2 is 2.15 bits per heavy atom. The number of hydrogen-bond donors (Lipinski definition) is 1. The first-order valence-corrected chi connectivity index (χ1v) is 9.90. The number of thioether (sulfide) groups is 1. The molecule has 144 valence electrons. The Hall–Kier alpha value is -2.55. The van der Waals surface area contributed by atoms with Crippen LogP contribution < -0.4 is 0 Å². The van der Waals surface area contributed by atoms with Gasteiger partial charge in [0.1, 0.15) is 17.7 Å². The Labute approximate surface area is 160 Å². The van der Waals surface area contributed by atoms with Gasteiger partial charge in [-0.25, -0.2) is 9.18 Å². The van der Waals surface area contributed by atoms with E-state index in [1.54, 1.807) is 12.1 Å². The Kier molecular flexibility index (Phi) is 5.69. The van der Waals surface area contributed by atoms with Crippen LogP contribution in [0.5, 0.6) is 0 Å². The van der Waals surface area contributed by atoms with Gasteiger partial charge in [-0.3, -0.25) is 19.4 Å². The minimum Gasteiger partial charge on any atom is -0.465 e. The van der Waals surface area contributed by atoms with Crippen LogP contribution in [0.3, 0.4) is 0 Å². The fourth-order valence-electron chi connectivity index (χ4n) is 3.28. The molecule has 1 fully saturated rings. The highest BCUT2D eigenvalue weighted by atomic mass is 32.2. The zero-order valence-electron chi connectivity index (χ0n) is 14.8. The molecular formula is C18H20FN3O4S. The van der Waals surface area contributed by atoms with Crippen LogP contribution in [0.25, 0.3) is 0 Å². The monoisotopic (exact) mass is 393 g/mol. The standard InChI is InChI=1S/C18H20FN3O4S/c1-27-11-14-17(24)20(7-5-12-3-2-4-13(19)9-12)10-15-21(18(25)26)8-6-16(23)22(14)15/h2-4,9-10,14H,5-8,11H2,1H3,(H,25,26)/t14-/m1/s1. The fraction of sp³-hybridized carbons (Fsp3) is 0.389. The molecule has 0 spiro atoms. The van der Waals surface area contributed by atoms with Crippen LogP contribution in [0.1, 0.15) is 12.0 Å². The third-order valence-electron chi connectivity index (χ3n) is 4.58. The Morgan fingerprint density at radius 3 is 2.81 bits per heavy atom. The van der Waals surface area contributed by atoms with Gasteiger partial charge in [0.25, 0.3) is 5.91 Å². The second-order valence-corrected chi connectivity index (χ2v) is 7.23. The van der Waals surface area contributed by atoms with E-state index in [4.69, 9.17) is 0 Å².